The number of ether oxygens (including phenoxy) is 1. The van der Waals surface area contributed by atoms with E-state index in [0.29, 0.717) is 43.9 Å². The number of hydrogen-bond acceptors (Lipinski definition) is 3. The number of anilines is 1. The van der Waals surface area contributed by atoms with Crippen LogP contribution in [0, 0.1) is 17.1 Å². The van der Waals surface area contributed by atoms with Gasteiger partial charge in [-0.1, -0.05) is 12.1 Å². The fourth-order valence-electron chi connectivity index (χ4n) is 3.26. The fourth-order valence-corrected chi connectivity index (χ4v) is 3.26. The number of hydrogen-bond donors (Lipinski definition) is 1. The molecule has 0 saturated heterocycles. The van der Waals surface area contributed by atoms with E-state index in [-0.39, 0.29) is 11.8 Å². The number of aromatic nitrogens is 1. The van der Waals surface area contributed by atoms with E-state index >= 15 is 0 Å². The number of urea groups is 1. The zero-order chi connectivity index (χ0) is 22.1. The van der Waals surface area contributed by atoms with Gasteiger partial charge in [0, 0.05) is 44.4 Å². The van der Waals surface area contributed by atoms with Crippen molar-refractivity contribution in [2.45, 2.75) is 19.5 Å². The Balaban J connectivity index is 1.72. The highest BCUT2D eigenvalue weighted by Crippen LogP contribution is 2.15. The number of benzene rings is 2. The Morgan fingerprint density at radius 3 is 2.71 bits per heavy atom. The normalized spacial score (nSPS) is 10.5. The lowest BCUT2D eigenvalue weighted by Gasteiger charge is -2.24. The smallest absolute Gasteiger partial charge is 0.322 e. The SMILES string of the molecule is COCCCN(Cc1cccn1Cc1cccc(F)c1)C(=O)Nc1ccc(C#N)cc1. The van der Waals surface area contributed by atoms with E-state index in [1.54, 1.807) is 42.3 Å². The maximum absolute atomic E-state index is 13.5. The summed E-state index contributed by atoms with van der Waals surface area (Å²) in [5, 5.41) is 11.8. The number of methoxy groups -OCH3 is 1. The van der Waals surface area contributed by atoms with Gasteiger partial charge < -0.3 is 19.5 Å². The van der Waals surface area contributed by atoms with Gasteiger partial charge in [-0.3, -0.25) is 0 Å². The second-order valence-corrected chi connectivity index (χ2v) is 7.14. The van der Waals surface area contributed by atoms with Crippen LogP contribution in [0.2, 0.25) is 0 Å². The molecule has 2 aromatic carbocycles. The van der Waals surface area contributed by atoms with Crippen molar-refractivity contribution in [2.24, 2.45) is 0 Å². The van der Waals surface area contributed by atoms with Gasteiger partial charge in [-0.15, -0.1) is 0 Å². The first kappa shape index (κ1) is 22.1. The number of halogens is 1. The molecule has 0 saturated carbocycles. The summed E-state index contributed by atoms with van der Waals surface area (Å²) in [6, 6.07) is 18.9. The van der Waals surface area contributed by atoms with Gasteiger partial charge in [0.25, 0.3) is 0 Å². The summed E-state index contributed by atoms with van der Waals surface area (Å²) in [7, 11) is 1.63. The van der Waals surface area contributed by atoms with Crippen LogP contribution < -0.4 is 5.32 Å². The van der Waals surface area contributed by atoms with E-state index in [2.05, 4.69) is 11.4 Å². The minimum absolute atomic E-state index is 0.237. The van der Waals surface area contributed by atoms with Crippen LogP contribution in [0.3, 0.4) is 0 Å². The lowest BCUT2D eigenvalue weighted by molar-refractivity contribution is 0.171. The molecule has 0 bridgehead atoms. The zero-order valence-electron chi connectivity index (χ0n) is 17.4. The Labute approximate surface area is 181 Å². The molecular weight excluding hydrogens is 395 g/mol. The van der Waals surface area contributed by atoms with Crippen LogP contribution in [0.4, 0.5) is 14.9 Å². The quantitative estimate of drug-likeness (QED) is 0.514. The maximum atomic E-state index is 13.5. The molecule has 0 radical (unpaired) electrons. The van der Waals surface area contributed by atoms with E-state index in [0.717, 1.165) is 11.3 Å². The maximum Gasteiger partial charge on any atom is 0.322 e. The molecule has 7 heteroatoms. The molecule has 2 amide bonds. The van der Waals surface area contributed by atoms with E-state index in [1.807, 2.05) is 29.0 Å². The van der Waals surface area contributed by atoms with Crippen molar-refractivity contribution in [1.82, 2.24) is 9.47 Å². The van der Waals surface area contributed by atoms with E-state index in [1.165, 1.54) is 12.1 Å². The van der Waals surface area contributed by atoms with Crippen molar-refractivity contribution in [3.8, 4) is 6.07 Å². The van der Waals surface area contributed by atoms with Crippen molar-refractivity contribution < 1.29 is 13.9 Å². The first-order valence-corrected chi connectivity index (χ1v) is 10.0. The zero-order valence-corrected chi connectivity index (χ0v) is 17.4. The topological polar surface area (TPSA) is 70.3 Å². The molecule has 1 N–H and O–H groups in total. The van der Waals surface area contributed by atoms with Crippen molar-refractivity contribution in [3.63, 3.8) is 0 Å². The molecule has 3 aromatic rings. The molecule has 0 aliphatic rings. The van der Waals surface area contributed by atoms with Crippen molar-refractivity contribution >= 4 is 11.7 Å². The lowest BCUT2D eigenvalue weighted by Crippen LogP contribution is -2.36. The summed E-state index contributed by atoms with van der Waals surface area (Å²) in [4.78, 5) is 14.7. The van der Waals surface area contributed by atoms with Gasteiger partial charge in [0.05, 0.1) is 18.2 Å². The average molecular weight is 420 g/mol. The second kappa shape index (κ2) is 11.0. The van der Waals surface area contributed by atoms with Gasteiger partial charge in [-0.05, 0) is 60.5 Å². The van der Waals surface area contributed by atoms with Gasteiger partial charge in [0.1, 0.15) is 5.82 Å². The van der Waals surface area contributed by atoms with Crippen LogP contribution in [0.25, 0.3) is 0 Å². The number of nitrogens with one attached hydrogen (secondary N) is 1. The first-order valence-electron chi connectivity index (χ1n) is 10.0. The number of nitrogens with zero attached hydrogens (tertiary/aromatic N) is 3. The molecule has 6 nitrogen and oxygen atoms in total. The molecule has 1 aromatic heterocycles. The highest BCUT2D eigenvalue weighted by molar-refractivity contribution is 5.89. The van der Waals surface area contributed by atoms with Crippen LogP contribution in [0.5, 0.6) is 0 Å². The Bertz CT molecular complexity index is 1040. The van der Waals surface area contributed by atoms with Gasteiger partial charge in [0.15, 0.2) is 0 Å². The standard InChI is InChI=1S/C24H25FN4O2/c1-31-14-4-13-29(24(30)27-22-10-8-19(16-26)9-11-22)18-23-7-3-12-28(23)17-20-5-2-6-21(25)15-20/h2-3,5-12,15H,4,13-14,17-18H2,1H3,(H,27,30). The summed E-state index contributed by atoms with van der Waals surface area (Å²) in [5.41, 5.74) is 2.95. The Morgan fingerprint density at radius 1 is 1.19 bits per heavy atom. The summed E-state index contributed by atoms with van der Waals surface area (Å²) in [5.74, 6) is -0.269. The first-order chi connectivity index (χ1) is 15.1. The van der Waals surface area contributed by atoms with Crippen molar-refractivity contribution in [3.05, 3.63) is 89.5 Å². The minimum atomic E-state index is -0.269. The van der Waals surface area contributed by atoms with Gasteiger partial charge in [0.2, 0.25) is 0 Å². The third kappa shape index (κ3) is 6.43. The van der Waals surface area contributed by atoms with Gasteiger partial charge in [-0.2, -0.15) is 5.26 Å². The number of amides is 2. The molecule has 0 aliphatic carbocycles. The molecule has 0 atom stereocenters. The van der Waals surface area contributed by atoms with Crippen LogP contribution >= 0.6 is 0 Å². The monoisotopic (exact) mass is 420 g/mol. The highest BCUT2D eigenvalue weighted by Gasteiger charge is 2.16. The van der Waals surface area contributed by atoms with Crippen LogP contribution in [0.15, 0.2) is 66.9 Å². The summed E-state index contributed by atoms with van der Waals surface area (Å²) < 4.78 is 20.7. The van der Waals surface area contributed by atoms with Gasteiger partial charge >= 0.3 is 6.03 Å². The second-order valence-electron chi connectivity index (χ2n) is 7.14. The Morgan fingerprint density at radius 2 is 2.00 bits per heavy atom. The molecular formula is C24H25FN4O2. The number of carbonyl (C=O) groups is 1. The van der Waals surface area contributed by atoms with Crippen LogP contribution in [-0.2, 0) is 17.8 Å². The Kier molecular flexibility index (Phi) is 7.79. The van der Waals surface area contributed by atoms with Crippen LogP contribution in [-0.4, -0.2) is 35.8 Å². The van der Waals surface area contributed by atoms with Crippen molar-refractivity contribution in [2.75, 3.05) is 25.6 Å². The number of nitriles is 1. The molecule has 31 heavy (non-hydrogen) atoms. The summed E-state index contributed by atoms with van der Waals surface area (Å²) in [6.45, 7) is 1.98. The molecule has 0 fully saturated rings. The average Bonchev–Trinajstić information content (AvgIpc) is 3.20. The van der Waals surface area contributed by atoms with Gasteiger partial charge in [-0.25, -0.2) is 9.18 Å². The summed E-state index contributed by atoms with van der Waals surface area (Å²) in [6.07, 6.45) is 2.62. The molecule has 0 aliphatic heterocycles. The van der Waals surface area contributed by atoms with E-state index in [9.17, 15) is 9.18 Å². The third-order valence-corrected chi connectivity index (χ3v) is 4.85. The molecule has 0 spiro atoms. The number of rotatable bonds is 9. The third-order valence-electron chi connectivity index (χ3n) is 4.85. The molecule has 3 rings (SSSR count). The highest BCUT2D eigenvalue weighted by atomic mass is 19.1. The van der Waals surface area contributed by atoms with E-state index < -0.39 is 0 Å². The minimum Gasteiger partial charge on any atom is -0.385 e. The summed E-state index contributed by atoms with van der Waals surface area (Å²) >= 11 is 0. The lowest BCUT2D eigenvalue weighted by atomic mass is 10.2. The molecule has 1 heterocycles. The predicted octanol–water partition coefficient (Wildman–Crippen LogP) is 4.62. The van der Waals surface area contributed by atoms with E-state index in [4.69, 9.17) is 10.00 Å². The number of carbonyl (C=O) groups excluding carboxylic acids is 1. The predicted molar refractivity (Wildman–Crippen MR) is 117 cm³/mol. The molecule has 160 valence electrons. The van der Waals surface area contributed by atoms with Crippen LogP contribution in [0.1, 0.15) is 23.2 Å². The van der Waals surface area contributed by atoms with Crippen molar-refractivity contribution in [1.29, 1.82) is 5.26 Å². The largest absolute Gasteiger partial charge is 0.385 e. The molecule has 0 unspecified atom stereocenters. The Hall–Kier alpha value is -3.63. The fraction of sp³-hybridized carbons (Fsp3) is 0.250.